The van der Waals surface area contributed by atoms with Gasteiger partial charge < -0.3 is 10.1 Å². The largest absolute Gasteiger partial charge is 0.496 e. The van der Waals surface area contributed by atoms with Gasteiger partial charge in [0.05, 0.1) is 7.11 Å². The van der Waals surface area contributed by atoms with Crippen molar-refractivity contribution in [2.24, 2.45) is 5.41 Å². The Labute approximate surface area is 122 Å². The maximum Gasteiger partial charge on any atom is 0.123 e. The van der Waals surface area contributed by atoms with E-state index in [1.807, 2.05) is 6.07 Å². The molecule has 2 nitrogen and oxygen atoms in total. The zero-order valence-corrected chi connectivity index (χ0v) is 13.3. The van der Waals surface area contributed by atoms with E-state index in [-0.39, 0.29) is 5.41 Å². The van der Waals surface area contributed by atoms with Crippen LogP contribution in [-0.4, -0.2) is 19.5 Å². The zero-order chi connectivity index (χ0) is 14.3. The van der Waals surface area contributed by atoms with Crippen molar-refractivity contribution in [3.63, 3.8) is 0 Å². The van der Waals surface area contributed by atoms with Crippen LogP contribution in [0.4, 0.5) is 0 Å². The number of rotatable bonds is 8. The summed E-state index contributed by atoms with van der Waals surface area (Å²) in [4.78, 5) is 0. The van der Waals surface area contributed by atoms with E-state index in [0.29, 0.717) is 0 Å². The molecule has 0 atom stereocenters. The van der Waals surface area contributed by atoms with Crippen molar-refractivity contribution in [2.75, 3.05) is 19.5 Å². The summed E-state index contributed by atoms with van der Waals surface area (Å²) in [6.45, 7) is 8.49. The highest BCUT2D eigenvalue weighted by Gasteiger charge is 2.16. The van der Waals surface area contributed by atoms with E-state index < -0.39 is 0 Å². The number of halogens is 1. The number of alkyl halides is 1. The van der Waals surface area contributed by atoms with Crippen LogP contribution in [0, 0.1) is 12.3 Å². The molecule has 1 aromatic rings. The average Bonchev–Trinajstić information content (AvgIpc) is 2.36. The van der Waals surface area contributed by atoms with Crippen molar-refractivity contribution in [3.8, 4) is 5.75 Å². The Hall–Kier alpha value is -0.730. The third kappa shape index (κ3) is 5.84. The molecule has 0 heterocycles. The third-order valence-corrected chi connectivity index (χ3v) is 3.61. The van der Waals surface area contributed by atoms with Crippen LogP contribution >= 0.6 is 11.6 Å². The van der Waals surface area contributed by atoms with Gasteiger partial charge in [0.2, 0.25) is 0 Å². The summed E-state index contributed by atoms with van der Waals surface area (Å²) in [6, 6.07) is 6.29. The lowest BCUT2D eigenvalue weighted by atomic mass is 9.88. The molecule has 0 spiro atoms. The molecule has 0 aromatic heterocycles. The molecule has 0 fully saturated rings. The summed E-state index contributed by atoms with van der Waals surface area (Å²) in [5.41, 5.74) is 2.76. The molecule has 1 rings (SSSR count). The first-order valence-electron chi connectivity index (χ1n) is 6.89. The molecular weight excluding hydrogens is 258 g/mol. The third-order valence-electron chi connectivity index (χ3n) is 3.34. The van der Waals surface area contributed by atoms with E-state index >= 15 is 0 Å². The molecule has 0 saturated carbocycles. The summed E-state index contributed by atoms with van der Waals surface area (Å²) in [7, 11) is 1.72. The summed E-state index contributed by atoms with van der Waals surface area (Å²) in [5.74, 6) is 1.70. The number of nitrogens with one attached hydrogen (secondary N) is 1. The monoisotopic (exact) mass is 283 g/mol. The Morgan fingerprint density at radius 1 is 1.32 bits per heavy atom. The molecule has 19 heavy (non-hydrogen) atoms. The van der Waals surface area contributed by atoms with Crippen molar-refractivity contribution in [3.05, 3.63) is 29.3 Å². The van der Waals surface area contributed by atoms with Crippen molar-refractivity contribution in [1.82, 2.24) is 5.32 Å². The summed E-state index contributed by atoms with van der Waals surface area (Å²) in [6.07, 6.45) is 2.22. The molecule has 0 aliphatic heterocycles. The van der Waals surface area contributed by atoms with Gasteiger partial charge in [0.15, 0.2) is 0 Å². The predicted octanol–water partition coefficient (Wildman–Crippen LogP) is 4.14. The van der Waals surface area contributed by atoms with Crippen LogP contribution in [0.25, 0.3) is 0 Å². The van der Waals surface area contributed by atoms with Crippen molar-refractivity contribution in [2.45, 2.75) is 40.2 Å². The molecule has 108 valence electrons. The Kier molecular flexibility index (Phi) is 6.67. The van der Waals surface area contributed by atoms with Crippen molar-refractivity contribution in [1.29, 1.82) is 0 Å². The number of ether oxygens (including phenoxy) is 1. The van der Waals surface area contributed by atoms with Crippen LogP contribution in [0.2, 0.25) is 0 Å². The average molecular weight is 284 g/mol. The molecule has 0 saturated heterocycles. The van der Waals surface area contributed by atoms with Gasteiger partial charge in [0.25, 0.3) is 0 Å². The van der Waals surface area contributed by atoms with Crippen molar-refractivity contribution >= 4 is 11.6 Å². The predicted molar refractivity (Wildman–Crippen MR) is 83.2 cm³/mol. The van der Waals surface area contributed by atoms with E-state index in [9.17, 15) is 0 Å². The first-order valence-corrected chi connectivity index (χ1v) is 7.42. The van der Waals surface area contributed by atoms with Gasteiger partial charge >= 0.3 is 0 Å². The second-order valence-corrected chi connectivity index (χ2v) is 6.25. The summed E-state index contributed by atoms with van der Waals surface area (Å²) < 4.78 is 5.39. The molecule has 0 radical (unpaired) electrons. The quantitative estimate of drug-likeness (QED) is 0.724. The number of methoxy groups -OCH3 is 1. The molecule has 0 aliphatic carbocycles. The van der Waals surface area contributed by atoms with Gasteiger partial charge in [-0.05, 0) is 31.2 Å². The Balaban J connectivity index is 2.50. The SMILES string of the molecule is COc1ccc(C)cc1CNCC(C)(C)CCCCl. The van der Waals surface area contributed by atoms with Crippen LogP contribution < -0.4 is 10.1 Å². The fourth-order valence-corrected chi connectivity index (χ4v) is 2.35. The van der Waals surface area contributed by atoms with Crippen LogP contribution in [0.15, 0.2) is 18.2 Å². The maximum atomic E-state index is 5.76. The van der Waals surface area contributed by atoms with E-state index in [4.69, 9.17) is 16.3 Å². The Morgan fingerprint density at radius 2 is 2.05 bits per heavy atom. The molecular formula is C16H26ClNO. The molecule has 0 aliphatic rings. The highest BCUT2D eigenvalue weighted by molar-refractivity contribution is 6.17. The molecule has 1 N–H and O–H groups in total. The highest BCUT2D eigenvalue weighted by Crippen LogP contribution is 2.23. The molecule has 0 bridgehead atoms. The van der Waals surface area contributed by atoms with Gasteiger partial charge in [0, 0.05) is 24.5 Å². The van der Waals surface area contributed by atoms with Gasteiger partial charge in [-0.1, -0.05) is 31.5 Å². The minimum Gasteiger partial charge on any atom is -0.496 e. The van der Waals surface area contributed by atoms with Gasteiger partial charge in [-0.2, -0.15) is 0 Å². The van der Waals surface area contributed by atoms with Crippen LogP contribution in [0.1, 0.15) is 37.8 Å². The van der Waals surface area contributed by atoms with Gasteiger partial charge in [-0.25, -0.2) is 0 Å². The molecule has 0 unspecified atom stereocenters. The number of hydrogen-bond acceptors (Lipinski definition) is 2. The Morgan fingerprint density at radius 3 is 2.68 bits per heavy atom. The lowest BCUT2D eigenvalue weighted by Crippen LogP contribution is -2.29. The van der Waals surface area contributed by atoms with E-state index in [0.717, 1.165) is 37.6 Å². The normalized spacial score (nSPS) is 11.6. The first kappa shape index (κ1) is 16.3. The summed E-state index contributed by atoms with van der Waals surface area (Å²) in [5, 5.41) is 3.53. The number of benzene rings is 1. The van der Waals surface area contributed by atoms with E-state index in [1.165, 1.54) is 11.1 Å². The van der Waals surface area contributed by atoms with E-state index in [2.05, 4.69) is 38.2 Å². The lowest BCUT2D eigenvalue weighted by Gasteiger charge is -2.25. The fraction of sp³-hybridized carbons (Fsp3) is 0.625. The zero-order valence-electron chi connectivity index (χ0n) is 12.6. The number of hydrogen-bond donors (Lipinski definition) is 1. The Bertz CT molecular complexity index is 390. The standard InChI is InChI=1S/C16H26ClNO/c1-13-6-7-15(19-4)14(10-13)11-18-12-16(2,3)8-5-9-17/h6-7,10,18H,5,8-9,11-12H2,1-4H3. The molecule has 0 amide bonds. The second-order valence-electron chi connectivity index (χ2n) is 5.88. The van der Waals surface area contributed by atoms with E-state index in [1.54, 1.807) is 7.11 Å². The molecule has 3 heteroatoms. The maximum absolute atomic E-state index is 5.76. The first-order chi connectivity index (χ1) is 8.98. The lowest BCUT2D eigenvalue weighted by molar-refractivity contribution is 0.310. The second kappa shape index (κ2) is 7.76. The van der Waals surface area contributed by atoms with Gasteiger partial charge in [-0.15, -0.1) is 11.6 Å². The molecule has 1 aromatic carbocycles. The van der Waals surface area contributed by atoms with Crippen LogP contribution in [0.3, 0.4) is 0 Å². The van der Waals surface area contributed by atoms with Gasteiger partial charge in [0.1, 0.15) is 5.75 Å². The fourth-order valence-electron chi connectivity index (χ4n) is 2.21. The van der Waals surface area contributed by atoms with Gasteiger partial charge in [-0.3, -0.25) is 0 Å². The smallest absolute Gasteiger partial charge is 0.123 e. The minimum absolute atomic E-state index is 0.284. The number of aryl methyl sites for hydroxylation is 1. The van der Waals surface area contributed by atoms with Crippen LogP contribution in [0.5, 0.6) is 5.75 Å². The highest BCUT2D eigenvalue weighted by atomic mass is 35.5. The van der Waals surface area contributed by atoms with Crippen LogP contribution in [-0.2, 0) is 6.54 Å². The minimum atomic E-state index is 0.284. The van der Waals surface area contributed by atoms with Crippen molar-refractivity contribution < 1.29 is 4.74 Å². The summed E-state index contributed by atoms with van der Waals surface area (Å²) >= 11 is 5.76. The topological polar surface area (TPSA) is 21.3 Å².